The molecule has 2 rings (SSSR count). The fourth-order valence-corrected chi connectivity index (χ4v) is 2.86. The van der Waals surface area contributed by atoms with Gasteiger partial charge in [0.15, 0.2) is 5.16 Å². The number of carbonyl (C=O) groups excluding carboxylic acids is 1. The lowest BCUT2D eigenvalue weighted by molar-refractivity contribution is -0.118. The highest BCUT2D eigenvalue weighted by molar-refractivity contribution is 7.99. The van der Waals surface area contributed by atoms with Crippen LogP contribution >= 0.6 is 11.8 Å². The third-order valence-corrected chi connectivity index (χ3v) is 4.06. The molecule has 0 spiro atoms. The Morgan fingerprint density at radius 3 is 2.52 bits per heavy atom. The van der Waals surface area contributed by atoms with Crippen molar-refractivity contribution in [1.29, 1.82) is 0 Å². The number of hydrogen-bond acceptors (Lipinski definition) is 5. The number of anilines is 1. The van der Waals surface area contributed by atoms with Gasteiger partial charge in [0.1, 0.15) is 0 Å². The van der Waals surface area contributed by atoms with Crippen molar-refractivity contribution in [2.45, 2.75) is 25.5 Å². The van der Waals surface area contributed by atoms with Gasteiger partial charge in [0.05, 0.1) is 5.75 Å². The quantitative estimate of drug-likeness (QED) is 0.652. The van der Waals surface area contributed by atoms with E-state index >= 15 is 0 Å². The summed E-state index contributed by atoms with van der Waals surface area (Å²) in [6.45, 7) is 4.38. The number of rotatable bonds is 6. The summed E-state index contributed by atoms with van der Waals surface area (Å²) in [6.07, 6.45) is 0. The first-order valence-corrected chi connectivity index (χ1v) is 8.40. The lowest BCUT2D eigenvalue weighted by Crippen LogP contribution is -2.24. The van der Waals surface area contributed by atoms with Crippen LogP contribution in [0.15, 0.2) is 35.5 Å². The van der Waals surface area contributed by atoms with Crippen LogP contribution in [0.1, 0.15) is 17.0 Å². The molecule has 0 atom stereocenters. The second kappa shape index (κ2) is 7.97. The summed E-state index contributed by atoms with van der Waals surface area (Å²) >= 11 is 1.36. The van der Waals surface area contributed by atoms with Crippen molar-refractivity contribution in [3.05, 3.63) is 47.3 Å². The average Bonchev–Trinajstić information content (AvgIpc) is 2.50. The Bertz CT molecular complexity index is 668. The zero-order chi connectivity index (χ0) is 16.8. The summed E-state index contributed by atoms with van der Waals surface area (Å²) in [4.78, 5) is 22.7. The first kappa shape index (κ1) is 17.3. The zero-order valence-corrected chi connectivity index (χ0v) is 14.8. The normalized spacial score (nSPS) is 10.4. The maximum absolute atomic E-state index is 12.0. The molecular weight excluding hydrogens is 308 g/mol. The third kappa shape index (κ3) is 5.56. The summed E-state index contributed by atoms with van der Waals surface area (Å²) in [5.74, 6) is 0.295. The SMILES string of the molecule is Cc1cc(C)nc(SCC(=O)NCc2cccc(N(C)C)c2)n1. The molecule has 122 valence electrons. The largest absolute Gasteiger partial charge is 0.378 e. The third-order valence-electron chi connectivity index (χ3n) is 3.21. The van der Waals surface area contributed by atoms with Gasteiger partial charge in [-0.15, -0.1) is 0 Å². The molecule has 23 heavy (non-hydrogen) atoms. The summed E-state index contributed by atoms with van der Waals surface area (Å²) in [5, 5.41) is 3.58. The molecule has 0 saturated carbocycles. The molecule has 1 N–H and O–H groups in total. The second-order valence-electron chi connectivity index (χ2n) is 5.56. The molecule has 0 saturated heterocycles. The van der Waals surface area contributed by atoms with E-state index in [0.29, 0.717) is 17.5 Å². The van der Waals surface area contributed by atoms with Crippen molar-refractivity contribution in [3.8, 4) is 0 Å². The Morgan fingerprint density at radius 1 is 1.17 bits per heavy atom. The van der Waals surface area contributed by atoms with E-state index in [1.54, 1.807) is 0 Å². The van der Waals surface area contributed by atoms with Crippen molar-refractivity contribution in [3.63, 3.8) is 0 Å². The molecule has 6 heteroatoms. The van der Waals surface area contributed by atoms with Crippen LogP contribution in [0.4, 0.5) is 5.69 Å². The van der Waals surface area contributed by atoms with E-state index in [-0.39, 0.29) is 5.91 Å². The van der Waals surface area contributed by atoms with E-state index in [2.05, 4.69) is 21.4 Å². The van der Waals surface area contributed by atoms with E-state index in [1.165, 1.54) is 11.8 Å². The fraction of sp³-hybridized carbons (Fsp3) is 0.353. The van der Waals surface area contributed by atoms with E-state index < -0.39 is 0 Å². The molecule has 0 fully saturated rings. The topological polar surface area (TPSA) is 58.1 Å². The highest BCUT2D eigenvalue weighted by atomic mass is 32.2. The van der Waals surface area contributed by atoms with Gasteiger partial charge in [-0.3, -0.25) is 4.79 Å². The summed E-state index contributed by atoms with van der Waals surface area (Å²) in [7, 11) is 4.00. The minimum atomic E-state index is -0.0204. The number of amides is 1. The number of thioether (sulfide) groups is 1. The van der Waals surface area contributed by atoms with Crippen molar-refractivity contribution in [2.24, 2.45) is 0 Å². The number of carbonyl (C=O) groups is 1. The molecule has 2 aromatic rings. The van der Waals surface area contributed by atoms with Crippen LogP contribution in [0.2, 0.25) is 0 Å². The van der Waals surface area contributed by atoms with E-state index in [9.17, 15) is 4.79 Å². The van der Waals surface area contributed by atoms with Gasteiger partial charge in [0, 0.05) is 37.7 Å². The average molecular weight is 330 g/mol. The number of benzene rings is 1. The molecule has 0 bridgehead atoms. The van der Waals surface area contributed by atoms with Gasteiger partial charge in [0.2, 0.25) is 5.91 Å². The van der Waals surface area contributed by atoms with Crippen LogP contribution in [0.5, 0.6) is 0 Å². The molecule has 1 amide bonds. The van der Waals surface area contributed by atoms with Crippen LogP contribution < -0.4 is 10.2 Å². The van der Waals surface area contributed by atoms with Crippen molar-refractivity contribution in [2.75, 3.05) is 24.7 Å². The van der Waals surface area contributed by atoms with Crippen LogP contribution in [0, 0.1) is 13.8 Å². The molecule has 1 aromatic carbocycles. The number of nitrogens with zero attached hydrogens (tertiary/aromatic N) is 3. The number of nitrogens with one attached hydrogen (secondary N) is 1. The minimum absolute atomic E-state index is 0.0204. The lowest BCUT2D eigenvalue weighted by atomic mass is 10.2. The van der Waals surface area contributed by atoms with Gasteiger partial charge < -0.3 is 10.2 Å². The van der Waals surface area contributed by atoms with E-state index in [4.69, 9.17) is 0 Å². The summed E-state index contributed by atoms with van der Waals surface area (Å²) in [6, 6.07) is 10.0. The zero-order valence-electron chi connectivity index (χ0n) is 14.0. The van der Waals surface area contributed by atoms with Crippen LogP contribution in [0.25, 0.3) is 0 Å². The standard InChI is InChI=1S/C17H22N4OS/c1-12-8-13(2)20-17(19-12)23-11-16(22)18-10-14-6-5-7-15(9-14)21(3)4/h5-9H,10-11H2,1-4H3,(H,18,22). The Labute approximate surface area is 141 Å². The monoisotopic (exact) mass is 330 g/mol. The van der Waals surface area contributed by atoms with Gasteiger partial charge in [-0.05, 0) is 37.6 Å². The number of aryl methyl sites for hydroxylation is 2. The molecule has 5 nitrogen and oxygen atoms in total. The van der Waals surface area contributed by atoms with Crippen LogP contribution in [-0.2, 0) is 11.3 Å². The molecule has 1 heterocycles. The molecule has 0 aliphatic rings. The molecular formula is C17H22N4OS. The second-order valence-corrected chi connectivity index (χ2v) is 6.51. The lowest BCUT2D eigenvalue weighted by Gasteiger charge is -2.13. The van der Waals surface area contributed by atoms with E-state index in [1.807, 2.05) is 57.1 Å². The predicted molar refractivity (Wildman–Crippen MR) is 94.8 cm³/mol. The van der Waals surface area contributed by atoms with E-state index in [0.717, 1.165) is 22.6 Å². The smallest absolute Gasteiger partial charge is 0.230 e. The molecule has 0 radical (unpaired) electrons. The minimum Gasteiger partial charge on any atom is -0.378 e. The molecule has 0 aliphatic carbocycles. The molecule has 0 unspecified atom stereocenters. The number of aromatic nitrogens is 2. The van der Waals surface area contributed by atoms with Gasteiger partial charge in [-0.1, -0.05) is 23.9 Å². The highest BCUT2D eigenvalue weighted by Gasteiger charge is 2.06. The summed E-state index contributed by atoms with van der Waals surface area (Å²) in [5.41, 5.74) is 4.04. The van der Waals surface area contributed by atoms with Crippen molar-refractivity contribution < 1.29 is 4.79 Å². The Hall–Kier alpha value is -2.08. The maximum atomic E-state index is 12.0. The van der Waals surface area contributed by atoms with Crippen LogP contribution in [-0.4, -0.2) is 35.7 Å². The van der Waals surface area contributed by atoms with Crippen molar-refractivity contribution in [1.82, 2.24) is 15.3 Å². The van der Waals surface area contributed by atoms with Crippen LogP contribution in [0.3, 0.4) is 0 Å². The van der Waals surface area contributed by atoms with Gasteiger partial charge in [0.25, 0.3) is 0 Å². The Balaban J connectivity index is 1.84. The highest BCUT2D eigenvalue weighted by Crippen LogP contribution is 2.15. The summed E-state index contributed by atoms with van der Waals surface area (Å²) < 4.78 is 0. The maximum Gasteiger partial charge on any atom is 0.230 e. The van der Waals surface area contributed by atoms with Gasteiger partial charge in [-0.2, -0.15) is 0 Å². The first-order valence-electron chi connectivity index (χ1n) is 7.42. The van der Waals surface area contributed by atoms with Crippen molar-refractivity contribution >= 4 is 23.4 Å². The number of hydrogen-bond donors (Lipinski definition) is 1. The molecule has 1 aromatic heterocycles. The Morgan fingerprint density at radius 2 is 1.87 bits per heavy atom. The predicted octanol–water partition coefficient (Wildman–Crippen LogP) is 2.57. The first-order chi connectivity index (χ1) is 10.9. The molecule has 0 aliphatic heterocycles. The fourth-order valence-electron chi connectivity index (χ4n) is 2.08. The van der Waals surface area contributed by atoms with Gasteiger partial charge >= 0.3 is 0 Å². The van der Waals surface area contributed by atoms with Gasteiger partial charge in [-0.25, -0.2) is 9.97 Å². The Kier molecular flexibility index (Phi) is 5.98.